The molecule has 1 saturated heterocycles. The number of amides is 1. The summed E-state index contributed by atoms with van der Waals surface area (Å²) in [5, 5.41) is 3.12. The van der Waals surface area contributed by atoms with Gasteiger partial charge in [0.25, 0.3) is 5.91 Å². The quantitative estimate of drug-likeness (QED) is 0.731. The molecule has 1 aliphatic rings. The van der Waals surface area contributed by atoms with Crippen molar-refractivity contribution < 1.29 is 13.6 Å². The van der Waals surface area contributed by atoms with Crippen molar-refractivity contribution >= 4 is 5.91 Å². The fraction of sp³-hybridized carbons (Fsp3) is 0.273. The summed E-state index contributed by atoms with van der Waals surface area (Å²) in [4.78, 5) is 19.0. The molecule has 0 atom stereocenters. The van der Waals surface area contributed by atoms with Crippen LogP contribution in [0, 0.1) is 5.82 Å². The van der Waals surface area contributed by atoms with Crippen molar-refractivity contribution in [2.24, 2.45) is 0 Å². The van der Waals surface area contributed by atoms with E-state index in [0.717, 1.165) is 31.6 Å². The van der Waals surface area contributed by atoms with E-state index in [1.165, 1.54) is 12.1 Å². The molecule has 1 fully saturated rings. The van der Waals surface area contributed by atoms with Gasteiger partial charge >= 0.3 is 0 Å². The van der Waals surface area contributed by atoms with Gasteiger partial charge in [-0.3, -0.25) is 9.69 Å². The van der Waals surface area contributed by atoms with E-state index < -0.39 is 0 Å². The molecule has 0 spiro atoms. The Balaban J connectivity index is 1.28. The third-order valence-corrected chi connectivity index (χ3v) is 4.97. The van der Waals surface area contributed by atoms with Gasteiger partial charge in [-0.1, -0.05) is 24.3 Å². The number of nitrogens with zero attached hydrogens (tertiary/aromatic N) is 2. The van der Waals surface area contributed by atoms with E-state index in [-0.39, 0.29) is 17.8 Å². The van der Waals surface area contributed by atoms with Crippen LogP contribution in [0.4, 0.5) is 4.39 Å². The normalized spacial score (nSPS) is 15.5. The number of piperidine rings is 1. The molecule has 0 saturated carbocycles. The van der Waals surface area contributed by atoms with Crippen LogP contribution in [0.3, 0.4) is 0 Å². The van der Waals surface area contributed by atoms with E-state index in [0.29, 0.717) is 23.6 Å². The maximum Gasteiger partial charge on any atom is 0.251 e. The zero-order valence-corrected chi connectivity index (χ0v) is 15.5. The van der Waals surface area contributed by atoms with Gasteiger partial charge in [0.1, 0.15) is 12.1 Å². The minimum atomic E-state index is -0.308. The van der Waals surface area contributed by atoms with Crippen molar-refractivity contribution in [3.8, 4) is 11.5 Å². The van der Waals surface area contributed by atoms with E-state index in [1.807, 2.05) is 30.3 Å². The highest BCUT2D eigenvalue weighted by atomic mass is 19.1. The predicted molar refractivity (Wildman–Crippen MR) is 104 cm³/mol. The number of carbonyl (C=O) groups is 1. The van der Waals surface area contributed by atoms with Crippen molar-refractivity contribution in [3.05, 3.63) is 77.9 Å². The van der Waals surface area contributed by atoms with Crippen molar-refractivity contribution in [1.29, 1.82) is 0 Å². The van der Waals surface area contributed by atoms with E-state index in [4.69, 9.17) is 4.42 Å². The third kappa shape index (κ3) is 4.46. The Morgan fingerprint density at radius 1 is 1.14 bits per heavy atom. The van der Waals surface area contributed by atoms with Gasteiger partial charge < -0.3 is 9.73 Å². The second kappa shape index (κ2) is 8.35. The molecule has 5 nitrogen and oxygen atoms in total. The summed E-state index contributed by atoms with van der Waals surface area (Å²) in [5.74, 6) is 0.103. The standard InChI is InChI=1S/C22H22FN3O2/c23-18-8-4-7-17(13-18)22-25-20(15-28-22)14-26-11-9-19(10-12-26)24-21(27)16-5-2-1-3-6-16/h1-8,13,15,19H,9-12,14H2,(H,24,27). The number of likely N-dealkylation sites (tertiary alicyclic amines) is 1. The lowest BCUT2D eigenvalue weighted by Crippen LogP contribution is -2.44. The lowest BCUT2D eigenvalue weighted by Gasteiger charge is -2.31. The van der Waals surface area contributed by atoms with Crippen molar-refractivity contribution in [2.45, 2.75) is 25.4 Å². The predicted octanol–water partition coefficient (Wildman–Crippen LogP) is 3.88. The smallest absolute Gasteiger partial charge is 0.251 e. The molecule has 3 aromatic rings. The van der Waals surface area contributed by atoms with Crippen LogP contribution in [0.1, 0.15) is 28.9 Å². The summed E-state index contributed by atoms with van der Waals surface area (Å²) in [5.41, 5.74) is 2.15. The third-order valence-electron chi connectivity index (χ3n) is 4.97. The Morgan fingerprint density at radius 2 is 1.93 bits per heavy atom. The van der Waals surface area contributed by atoms with Crippen molar-refractivity contribution in [3.63, 3.8) is 0 Å². The number of halogens is 1. The summed E-state index contributed by atoms with van der Waals surface area (Å²) in [6, 6.07) is 15.7. The molecule has 1 N–H and O–H groups in total. The Morgan fingerprint density at radius 3 is 2.68 bits per heavy atom. The maximum absolute atomic E-state index is 13.4. The summed E-state index contributed by atoms with van der Waals surface area (Å²) < 4.78 is 18.9. The zero-order chi connectivity index (χ0) is 19.3. The number of aromatic nitrogens is 1. The minimum Gasteiger partial charge on any atom is -0.444 e. The molecule has 1 aromatic heterocycles. The SMILES string of the molecule is O=C(NC1CCN(Cc2coc(-c3cccc(F)c3)n2)CC1)c1ccccc1. The van der Waals surface area contributed by atoms with Gasteiger partial charge in [-0.05, 0) is 43.2 Å². The van der Waals surface area contributed by atoms with Gasteiger partial charge in [0.2, 0.25) is 5.89 Å². The van der Waals surface area contributed by atoms with Crippen molar-refractivity contribution in [2.75, 3.05) is 13.1 Å². The molecule has 6 heteroatoms. The van der Waals surface area contributed by atoms with Crippen LogP contribution < -0.4 is 5.32 Å². The molecule has 144 valence electrons. The summed E-state index contributed by atoms with van der Waals surface area (Å²) in [6.07, 6.45) is 3.42. The molecule has 0 aliphatic carbocycles. The van der Waals surface area contributed by atoms with Crippen LogP contribution in [-0.4, -0.2) is 34.9 Å². The van der Waals surface area contributed by atoms with E-state index in [2.05, 4.69) is 15.2 Å². The second-order valence-electron chi connectivity index (χ2n) is 7.04. The number of hydrogen-bond acceptors (Lipinski definition) is 4. The van der Waals surface area contributed by atoms with Crippen LogP contribution in [0.15, 0.2) is 65.3 Å². The first kappa shape index (κ1) is 18.4. The molecule has 2 heterocycles. The Bertz CT molecular complexity index is 934. The highest BCUT2D eigenvalue weighted by Crippen LogP contribution is 2.21. The van der Waals surface area contributed by atoms with Crippen molar-refractivity contribution in [1.82, 2.24) is 15.2 Å². The highest BCUT2D eigenvalue weighted by molar-refractivity contribution is 5.94. The van der Waals surface area contributed by atoms with Gasteiger partial charge in [0, 0.05) is 36.8 Å². The van der Waals surface area contributed by atoms with Gasteiger partial charge in [0.05, 0.1) is 5.69 Å². The van der Waals surface area contributed by atoms with E-state index in [1.54, 1.807) is 18.4 Å². The fourth-order valence-electron chi connectivity index (χ4n) is 3.46. The second-order valence-corrected chi connectivity index (χ2v) is 7.04. The van der Waals surface area contributed by atoms with Gasteiger partial charge in [0.15, 0.2) is 0 Å². The largest absolute Gasteiger partial charge is 0.444 e. The van der Waals surface area contributed by atoms with Crippen LogP contribution in [0.25, 0.3) is 11.5 Å². The molecule has 0 unspecified atom stereocenters. The first-order chi connectivity index (χ1) is 13.7. The van der Waals surface area contributed by atoms with Crippen LogP contribution in [-0.2, 0) is 6.54 Å². The number of nitrogens with one attached hydrogen (secondary N) is 1. The molecule has 1 aliphatic heterocycles. The first-order valence-corrected chi connectivity index (χ1v) is 9.46. The highest BCUT2D eigenvalue weighted by Gasteiger charge is 2.22. The fourth-order valence-corrected chi connectivity index (χ4v) is 3.46. The first-order valence-electron chi connectivity index (χ1n) is 9.46. The zero-order valence-electron chi connectivity index (χ0n) is 15.5. The number of rotatable bonds is 5. The molecular formula is C22H22FN3O2. The van der Waals surface area contributed by atoms with Gasteiger partial charge in [-0.15, -0.1) is 0 Å². The van der Waals surface area contributed by atoms with Crippen LogP contribution in [0.5, 0.6) is 0 Å². The average molecular weight is 379 g/mol. The minimum absolute atomic E-state index is 0.0183. The molecular weight excluding hydrogens is 357 g/mol. The van der Waals surface area contributed by atoms with Crippen LogP contribution >= 0.6 is 0 Å². The molecule has 1 amide bonds. The number of benzene rings is 2. The Kier molecular flexibility index (Phi) is 5.48. The Labute approximate surface area is 163 Å². The number of hydrogen-bond donors (Lipinski definition) is 1. The molecule has 28 heavy (non-hydrogen) atoms. The lowest BCUT2D eigenvalue weighted by molar-refractivity contribution is 0.0908. The van der Waals surface area contributed by atoms with Gasteiger partial charge in [-0.2, -0.15) is 0 Å². The molecule has 0 radical (unpaired) electrons. The van der Waals surface area contributed by atoms with E-state index >= 15 is 0 Å². The molecule has 2 aromatic carbocycles. The maximum atomic E-state index is 13.4. The lowest BCUT2D eigenvalue weighted by atomic mass is 10.0. The summed E-state index contributed by atoms with van der Waals surface area (Å²) in [7, 11) is 0. The topological polar surface area (TPSA) is 58.4 Å². The molecule has 4 rings (SSSR count). The van der Waals surface area contributed by atoms with Crippen LogP contribution in [0.2, 0.25) is 0 Å². The monoisotopic (exact) mass is 379 g/mol. The number of oxazole rings is 1. The van der Waals surface area contributed by atoms with E-state index in [9.17, 15) is 9.18 Å². The summed E-state index contributed by atoms with van der Waals surface area (Å²) >= 11 is 0. The average Bonchev–Trinajstić information content (AvgIpc) is 3.19. The summed E-state index contributed by atoms with van der Waals surface area (Å²) in [6.45, 7) is 2.43. The Hall–Kier alpha value is -2.99. The molecule has 0 bridgehead atoms. The number of carbonyl (C=O) groups excluding carboxylic acids is 1. The van der Waals surface area contributed by atoms with Gasteiger partial charge in [-0.25, -0.2) is 9.37 Å².